The standard InChI is InChI=1S/C13H22N2O3.ClH/c1-18-12(17)13(6-2-3-7-13)15-11(16)9-14-8-10-4-5-10;/h10,14H,2-9H2,1H3,(H,15,16);1H. The second-order valence-corrected chi connectivity index (χ2v) is 5.40. The fourth-order valence-electron chi connectivity index (χ4n) is 2.58. The average Bonchev–Trinajstić information content (AvgIpc) is 3.06. The summed E-state index contributed by atoms with van der Waals surface area (Å²) in [5.74, 6) is 0.331. The van der Waals surface area contributed by atoms with Crippen LogP contribution in [0.2, 0.25) is 0 Å². The van der Waals surface area contributed by atoms with Crippen molar-refractivity contribution in [2.24, 2.45) is 5.92 Å². The van der Waals surface area contributed by atoms with E-state index >= 15 is 0 Å². The highest BCUT2D eigenvalue weighted by Gasteiger charge is 2.43. The van der Waals surface area contributed by atoms with E-state index in [0.29, 0.717) is 12.8 Å². The molecule has 2 aliphatic carbocycles. The topological polar surface area (TPSA) is 67.4 Å². The molecule has 2 N–H and O–H groups in total. The Morgan fingerprint density at radius 1 is 1.26 bits per heavy atom. The van der Waals surface area contributed by atoms with E-state index in [-0.39, 0.29) is 30.8 Å². The summed E-state index contributed by atoms with van der Waals surface area (Å²) in [7, 11) is 1.37. The summed E-state index contributed by atoms with van der Waals surface area (Å²) in [4.78, 5) is 23.7. The minimum Gasteiger partial charge on any atom is -0.467 e. The molecule has 6 heteroatoms. The van der Waals surface area contributed by atoms with Gasteiger partial charge in [0.1, 0.15) is 5.54 Å². The molecule has 0 aliphatic heterocycles. The van der Waals surface area contributed by atoms with Crippen molar-refractivity contribution >= 4 is 24.3 Å². The van der Waals surface area contributed by atoms with Crippen LogP contribution in [0.3, 0.4) is 0 Å². The van der Waals surface area contributed by atoms with Crippen molar-refractivity contribution in [3.63, 3.8) is 0 Å². The number of esters is 1. The zero-order valence-corrected chi connectivity index (χ0v) is 12.2. The molecule has 110 valence electrons. The van der Waals surface area contributed by atoms with Crippen LogP contribution >= 0.6 is 12.4 Å². The van der Waals surface area contributed by atoms with Gasteiger partial charge >= 0.3 is 5.97 Å². The van der Waals surface area contributed by atoms with E-state index < -0.39 is 5.54 Å². The van der Waals surface area contributed by atoms with Crippen LogP contribution in [0.15, 0.2) is 0 Å². The van der Waals surface area contributed by atoms with E-state index in [0.717, 1.165) is 25.3 Å². The quantitative estimate of drug-likeness (QED) is 0.717. The van der Waals surface area contributed by atoms with Crippen molar-refractivity contribution in [3.05, 3.63) is 0 Å². The Kier molecular flexibility index (Phi) is 6.07. The zero-order valence-electron chi connectivity index (χ0n) is 11.4. The number of carbonyl (C=O) groups excluding carboxylic acids is 2. The first-order valence-electron chi connectivity index (χ1n) is 6.76. The Morgan fingerprint density at radius 3 is 2.42 bits per heavy atom. The number of methoxy groups -OCH3 is 1. The summed E-state index contributed by atoms with van der Waals surface area (Å²) in [5, 5.41) is 5.99. The monoisotopic (exact) mass is 290 g/mol. The molecule has 0 aromatic rings. The lowest BCUT2D eigenvalue weighted by Gasteiger charge is -2.27. The van der Waals surface area contributed by atoms with Gasteiger partial charge in [0.05, 0.1) is 13.7 Å². The smallest absolute Gasteiger partial charge is 0.331 e. The molecule has 0 aromatic heterocycles. The van der Waals surface area contributed by atoms with Crippen LogP contribution in [-0.4, -0.2) is 37.6 Å². The Hall–Kier alpha value is -0.810. The molecule has 0 heterocycles. The number of ether oxygens (including phenoxy) is 1. The van der Waals surface area contributed by atoms with Gasteiger partial charge in [-0.05, 0) is 38.1 Å². The molecule has 5 nitrogen and oxygen atoms in total. The van der Waals surface area contributed by atoms with Gasteiger partial charge in [0.2, 0.25) is 5.91 Å². The summed E-state index contributed by atoms with van der Waals surface area (Å²) in [5.41, 5.74) is -0.771. The van der Waals surface area contributed by atoms with Crippen LogP contribution < -0.4 is 10.6 Å². The third-order valence-electron chi connectivity index (χ3n) is 3.83. The molecule has 0 radical (unpaired) electrons. The molecule has 0 atom stereocenters. The van der Waals surface area contributed by atoms with Gasteiger partial charge in [-0.2, -0.15) is 0 Å². The third-order valence-corrected chi connectivity index (χ3v) is 3.83. The maximum absolute atomic E-state index is 11.8. The Bertz CT molecular complexity index is 326. The number of nitrogens with one attached hydrogen (secondary N) is 2. The summed E-state index contributed by atoms with van der Waals surface area (Å²) in [6.45, 7) is 1.19. The average molecular weight is 291 g/mol. The summed E-state index contributed by atoms with van der Waals surface area (Å²) in [6, 6.07) is 0. The molecule has 19 heavy (non-hydrogen) atoms. The lowest BCUT2D eigenvalue weighted by atomic mass is 9.98. The summed E-state index contributed by atoms with van der Waals surface area (Å²) in [6.07, 6.45) is 5.83. The van der Waals surface area contributed by atoms with Gasteiger partial charge in [-0.25, -0.2) is 4.79 Å². The van der Waals surface area contributed by atoms with E-state index in [1.54, 1.807) is 0 Å². The summed E-state index contributed by atoms with van der Waals surface area (Å²) >= 11 is 0. The molecular formula is C13H23ClN2O3. The van der Waals surface area contributed by atoms with E-state index in [2.05, 4.69) is 10.6 Å². The van der Waals surface area contributed by atoms with Crippen molar-refractivity contribution in [2.75, 3.05) is 20.2 Å². The number of rotatable bonds is 6. The first-order chi connectivity index (χ1) is 8.66. The first kappa shape index (κ1) is 16.2. The van der Waals surface area contributed by atoms with Gasteiger partial charge in [0.15, 0.2) is 0 Å². The summed E-state index contributed by atoms with van der Waals surface area (Å²) < 4.78 is 4.82. The van der Waals surface area contributed by atoms with E-state index in [1.807, 2.05) is 0 Å². The van der Waals surface area contributed by atoms with Crippen LogP contribution in [0, 0.1) is 5.92 Å². The Morgan fingerprint density at radius 2 is 1.89 bits per heavy atom. The van der Waals surface area contributed by atoms with Gasteiger partial charge in [0.25, 0.3) is 0 Å². The lowest BCUT2D eigenvalue weighted by Crippen LogP contribution is -2.55. The van der Waals surface area contributed by atoms with Gasteiger partial charge in [0, 0.05) is 0 Å². The fraction of sp³-hybridized carbons (Fsp3) is 0.846. The molecule has 0 spiro atoms. The third kappa shape index (κ3) is 4.35. The van der Waals surface area contributed by atoms with E-state index in [1.165, 1.54) is 20.0 Å². The second-order valence-electron chi connectivity index (χ2n) is 5.40. The molecule has 0 unspecified atom stereocenters. The highest BCUT2D eigenvalue weighted by Crippen LogP contribution is 2.30. The normalized spacial score (nSPS) is 20.5. The fourth-order valence-corrected chi connectivity index (χ4v) is 2.58. The van der Waals surface area contributed by atoms with E-state index in [9.17, 15) is 9.59 Å². The van der Waals surface area contributed by atoms with Crippen LogP contribution in [0.4, 0.5) is 0 Å². The van der Waals surface area contributed by atoms with Crippen LogP contribution in [0.1, 0.15) is 38.5 Å². The molecule has 0 aromatic carbocycles. The van der Waals surface area contributed by atoms with Crippen molar-refractivity contribution in [2.45, 2.75) is 44.1 Å². The SMILES string of the molecule is COC(=O)C1(NC(=O)CNCC2CC2)CCCC1.Cl. The van der Waals surface area contributed by atoms with E-state index in [4.69, 9.17) is 4.74 Å². The molecule has 2 fully saturated rings. The lowest BCUT2D eigenvalue weighted by molar-refractivity contribution is -0.150. The van der Waals surface area contributed by atoms with Crippen molar-refractivity contribution in [1.29, 1.82) is 0 Å². The molecule has 0 saturated heterocycles. The zero-order chi connectivity index (χ0) is 13.0. The maximum atomic E-state index is 11.8. The largest absolute Gasteiger partial charge is 0.467 e. The minimum atomic E-state index is -0.771. The van der Waals surface area contributed by atoms with Crippen molar-refractivity contribution in [3.8, 4) is 0 Å². The maximum Gasteiger partial charge on any atom is 0.331 e. The Balaban J connectivity index is 0.00000180. The number of carbonyl (C=O) groups is 2. The van der Waals surface area contributed by atoms with Crippen molar-refractivity contribution in [1.82, 2.24) is 10.6 Å². The molecular weight excluding hydrogens is 268 g/mol. The minimum absolute atomic E-state index is 0. The predicted molar refractivity (Wildman–Crippen MR) is 74.2 cm³/mol. The Labute approximate surface area is 120 Å². The number of hydrogen-bond acceptors (Lipinski definition) is 4. The van der Waals surface area contributed by atoms with Crippen LogP contribution in [0.5, 0.6) is 0 Å². The second kappa shape index (κ2) is 7.10. The number of amides is 1. The highest BCUT2D eigenvalue weighted by molar-refractivity contribution is 5.89. The van der Waals surface area contributed by atoms with Gasteiger partial charge in [-0.15, -0.1) is 12.4 Å². The molecule has 2 saturated carbocycles. The van der Waals surface area contributed by atoms with Gasteiger partial charge in [-0.1, -0.05) is 12.8 Å². The van der Waals surface area contributed by atoms with Gasteiger partial charge in [-0.3, -0.25) is 4.79 Å². The molecule has 1 amide bonds. The highest BCUT2D eigenvalue weighted by atomic mass is 35.5. The number of halogens is 1. The molecule has 2 aliphatic rings. The predicted octanol–water partition coefficient (Wildman–Crippen LogP) is 1.01. The van der Waals surface area contributed by atoms with Gasteiger partial charge < -0.3 is 15.4 Å². The molecule has 2 rings (SSSR count). The molecule has 0 bridgehead atoms. The van der Waals surface area contributed by atoms with Crippen molar-refractivity contribution < 1.29 is 14.3 Å². The number of hydrogen-bond donors (Lipinski definition) is 2. The van der Waals surface area contributed by atoms with Crippen LogP contribution in [-0.2, 0) is 14.3 Å². The first-order valence-corrected chi connectivity index (χ1v) is 6.76. The van der Waals surface area contributed by atoms with Crippen LogP contribution in [0.25, 0.3) is 0 Å².